The van der Waals surface area contributed by atoms with Crippen molar-refractivity contribution in [3.05, 3.63) is 40.9 Å². The summed E-state index contributed by atoms with van der Waals surface area (Å²) in [7, 11) is 0. The highest BCUT2D eigenvalue weighted by Crippen LogP contribution is 2.24. The van der Waals surface area contributed by atoms with Crippen LogP contribution in [0.4, 0.5) is 0 Å². The van der Waals surface area contributed by atoms with Gasteiger partial charge in [0, 0.05) is 11.6 Å². The number of aromatic nitrogens is 3. The van der Waals surface area contributed by atoms with Crippen LogP contribution in [-0.2, 0) is 19.6 Å². The van der Waals surface area contributed by atoms with Crippen LogP contribution in [0.25, 0.3) is 0 Å². The Kier molecular flexibility index (Phi) is 5.59. The maximum absolute atomic E-state index is 6.01. The molecule has 0 aliphatic heterocycles. The zero-order chi connectivity index (χ0) is 15.2. The minimum atomic E-state index is 0.381. The van der Waals surface area contributed by atoms with Crippen LogP contribution < -0.4 is 10.5 Å². The Morgan fingerprint density at radius 1 is 1.38 bits per heavy atom. The fourth-order valence-corrected chi connectivity index (χ4v) is 2.27. The maximum Gasteiger partial charge on any atom is 0.164 e. The first-order valence-electron chi connectivity index (χ1n) is 7.08. The van der Waals surface area contributed by atoms with Crippen LogP contribution in [0.5, 0.6) is 5.75 Å². The number of nitrogens with zero attached hydrogens (tertiary/aromatic N) is 3. The van der Waals surface area contributed by atoms with E-state index in [1.165, 1.54) is 0 Å². The Bertz CT molecular complexity index is 583. The van der Waals surface area contributed by atoms with E-state index in [0.29, 0.717) is 24.1 Å². The van der Waals surface area contributed by atoms with Gasteiger partial charge in [-0.15, -0.1) is 0 Å². The molecular weight excluding hydrogens is 288 g/mol. The Labute approximate surface area is 130 Å². The highest BCUT2D eigenvalue weighted by atomic mass is 35.5. The van der Waals surface area contributed by atoms with Crippen LogP contribution in [0.15, 0.2) is 24.5 Å². The number of hydrogen-bond donors (Lipinski definition) is 1. The number of nitrogens with two attached hydrogens (primary N) is 1. The quantitative estimate of drug-likeness (QED) is 0.854. The molecule has 0 aliphatic rings. The molecule has 0 spiro atoms. The zero-order valence-electron chi connectivity index (χ0n) is 12.4. The van der Waals surface area contributed by atoms with E-state index in [1.807, 2.05) is 22.9 Å². The minimum absolute atomic E-state index is 0.381. The van der Waals surface area contributed by atoms with Gasteiger partial charge in [-0.3, -0.25) is 0 Å². The molecule has 114 valence electrons. The first-order chi connectivity index (χ1) is 10.1. The lowest BCUT2D eigenvalue weighted by Crippen LogP contribution is -2.13. The molecule has 1 heterocycles. The summed E-state index contributed by atoms with van der Waals surface area (Å²) in [5.74, 6) is 2.12. The number of ether oxygens (including phenoxy) is 1. The average molecular weight is 309 g/mol. The smallest absolute Gasteiger partial charge is 0.164 e. The Morgan fingerprint density at radius 2 is 2.19 bits per heavy atom. The van der Waals surface area contributed by atoms with Crippen molar-refractivity contribution in [1.29, 1.82) is 0 Å². The lowest BCUT2D eigenvalue weighted by Gasteiger charge is -2.12. The van der Waals surface area contributed by atoms with E-state index in [-0.39, 0.29) is 0 Å². The van der Waals surface area contributed by atoms with Crippen molar-refractivity contribution in [1.82, 2.24) is 14.8 Å². The summed E-state index contributed by atoms with van der Waals surface area (Å²) < 4.78 is 7.75. The second-order valence-corrected chi connectivity index (χ2v) is 5.77. The normalized spacial score (nSPS) is 11.1. The molecule has 0 radical (unpaired) electrons. The first kappa shape index (κ1) is 15.8. The fourth-order valence-electron chi connectivity index (χ4n) is 2.08. The van der Waals surface area contributed by atoms with Crippen LogP contribution >= 0.6 is 11.6 Å². The largest absolute Gasteiger partial charge is 0.485 e. The van der Waals surface area contributed by atoms with Crippen molar-refractivity contribution < 1.29 is 4.74 Å². The Morgan fingerprint density at radius 3 is 2.90 bits per heavy atom. The van der Waals surface area contributed by atoms with Gasteiger partial charge >= 0.3 is 0 Å². The summed E-state index contributed by atoms with van der Waals surface area (Å²) in [5.41, 5.74) is 6.64. The van der Waals surface area contributed by atoms with E-state index < -0.39 is 0 Å². The number of benzene rings is 1. The number of rotatable bonds is 7. The van der Waals surface area contributed by atoms with Gasteiger partial charge in [0.1, 0.15) is 18.7 Å². The van der Waals surface area contributed by atoms with E-state index in [1.54, 1.807) is 6.33 Å². The van der Waals surface area contributed by atoms with Gasteiger partial charge in [0.2, 0.25) is 0 Å². The van der Waals surface area contributed by atoms with Crippen molar-refractivity contribution in [2.24, 2.45) is 11.7 Å². The molecule has 21 heavy (non-hydrogen) atoms. The topological polar surface area (TPSA) is 66.0 Å². The molecule has 0 bridgehead atoms. The summed E-state index contributed by atoms with van der Waals surface area (Å²) in [5, 5.41) is 4.91. The molecule has 0 saturated carbocycles. The standard InChI is InChI=1S/C15H21ClN4O/c1-11(2)8-20-15(18-10-19-20)9-21-14-4-3-13(16)7-12(14)5-6-17/h3-4,7,10-11H,5-6,8-9,17H2,1-2H3. The van der Waals surface area contributed by atoms with Crippen molar-refractivity contribution in [2.45, 2.75) is 33.4 Å². The third-order valence-electron chi connectivity index (χ3n) is 3.03. The molecular formula is C15H21ClN4O. The van der Waals surface area contributed by atoms with E-state index in [0.717, 1.165) is 30.1 Å². The summed E-state index contributed by atoms with van der Waals surface area (Å²) in [6.45, 7) is 6.05. The molecule has 0 aliphatic carbocycles. The van der Waals surface area contributed by atoms with E-state index in [2.05, 4.69) is 23.9 Å². The molecule has 0 fully saturated rings. The predicted octanol–water partition coefficient (Wildman–Crippen LogP) is 2.67. The summed E-state index contributed by atoms with van der Waals surface area (Å²) in [6, 6.07) is 5.58. The van der Waals surface area contributed by atoms with Crippen LogP contribution in [0.1, 0.15) is 25.2 Å². The first-order valence-corrected chi connectivity index (χ1v) is 7.46. The van der Waals surface area contributed by atoms with E-state index in [9.17, 15) is 0 Å². The summed E-state index contributed by atoms with van der Waals surface area (Å²) in [4.78, 5) is 4.25. The number of halogens is 1. The monoisotopic (exact) mass is 308 g/mol. The molecule has 2 aromatic rings. The minimum Gasteiger partial charge on any atom is -0.485 e. The molecule has 2 rings (SSSR count). The molecule has 0 saturated heterocycles. The Balaban J connectivity index is 2.08. The Hall–Kier alpha value is -1.59. The predicted molar refractivity (Wildman–Crippen MR) is 83.4 cm³/mol. The SMILES string of the molecule is CC(C)Cn1ncnc1COc1ccc(Cl)cc1CCN. The van der Waals surface area contributed by atoms with Crippen LogP contribution in [0, 0.1) is 5.92 Å². The highest BCUT2D eigenvalue weighted by Gasteiger charge is 2.09. The fraction of sp³-hybridized carbons (Fsp3) is 0.467. The van der Waals surface area contributed by atoms with Crippen LogP contribution in [-0.4, -0.2) is 21.3 Å². The van der Waals surface area contributed by atoms with Gasteiger partial charge in [-0.2, -0.15) is 5.10 Å². The number of hydrogen-bond acceptors (Lipinski definition) is 4. The van der Waals surface area contributed by atoms with Gasteiger partial charge in [-0.05, 0) is 42.6 Å². The second-order valence-electron chi connectivity index (χ2n) is 5.33. The lowest BCUT2D eigenvalue weighted by atomic mass is 10.1. The van der Waals surface area contributed by atoms with Crippen LogP contribution in [0.2, 0.25) is 5.02 Å². The lowest BCUT2D eigenvalue weighted by molar-refractivity contribution is 0.280. The van der Waals surface area contributed by atoms with Crippen LogP contribution in [0.3, 0.4) is 0 Å². The second kappa shape index (κ2) is 7.43. The van der Waals surface area contributed by atoms with E-state index in [4.69, 9.17) is 22.1 Å². The van der Waals surface area contributed by atoms with Gasteiger partial charge in [0.25, 0.3) is 0 Å². The van der Waals surface area contributed by atoms with Crippen molar-refractivity contribution in [2.75, 3.05) is 6.54 Å². The third-order valence-corrected chi connectivity index (χ3v) is 3.26. The van der Waals surface area contributed by atoms with E-state index >= 15 is 0 Å². The van der Waals surface area contributed by atoms with Crippen molar-refractivity contribution >= 4 is 11.6 Å². The van der Waals surface area contributed by atoms with Gasteiger partial charge in [0.05, 0.1) is 0 Å². The average Bonchev–Trinajstić information content (AvgIpc) is 2.85. The molecule has 1 aromatic carbocycles. The molecule has 2 N–H and O–H groups in total. The molecule has 5 nitrogen and oxygen atoms in total. The molecule has 6 heteroatoms. The van der Waals surface area contributed by atoms with Gasteiger partial charge in [0.15, 0.2) is 5.82 Å². The summed E-state index contributed by atoms with van der Waals surface area (Å²) in [6.07, 6.45) is 2.29. The summed E-state index contributed by atoms with van der Waals surface area (Å²) >= 11 is 6.01. The molecule has 0 amide bonds. The third kappa shape index (κ3) is 4.44. The molecule has 0 atom stereocenters. The van der Waals surface area contributed by atoms with Crippen molar-refractivity contribution in [3.8, 4) is 5.75 Å². The molecule has 0 unspecified atom stereocenters. The zero-order valence-corrected chi connectivity index (χ0v) is 13.2. The highest BCUT2D eigenvalue weighted by molar-refractivity contribution is 6.30. The molecule has 1 aromatic heterocycles. The van der Waals surface area contributed by atoms with Crippen molar-refractivity contribution in [3.63, 3.8) is 0 Å². The maximum atomic E-state index is 6.01. The van der Waals surface area contributed by atoms with Gasteiger partial charge in [-0.25, -0.2) is 9.67 Å². The van der Waals surface area contributed by atoms with Gasteiger partial charge < -0.3 is 10.5 Å². The van der Waals surface area contributed by atoms with Gasteiger partial charge in [-0.1, -0.05) is 25.4 Å².